The van der Waals surface area contributed by atoms with Crippen LogP contribution in [0.25, 0.3) is 38.6 Å². The number of terminal acetylenes is 1. The summed E-state index contributed by atoms with van der Waals surface area (Å²) in [5, 5.41) is 2.72. The van der Waals surface area contributed by atoms with Gasteiger partial charge in [0, 0.05) is 16.9 Å². The van der Waals surface area contributed by atoms with Crippen LogP contribution in [-0.2, 0) is 11.8 Å². The standard InChI is InChI=1S/C45H44.C13H12.C7H8.C2H6/c1-8-16-33(10-3)38(17-9-2)37-24-22-34(26-30(37)4)31(5)35-23-25-41-42(28-35)45(6,7)43-29-36(27-32-18-12-11-13-19-32)39-20-14-15-21-40(39)44(41)43;1-11-6-5-9-13(10-11)12-7-3-2-4-8-12;1-7-5-3-2-4-6-7;1-2/h3,9,11-15,17-26,28-29,31H,8,16,27H2,1-2,4-7H3;2-10H,1H3;2-6H,1H3;1-2H3/b17-9-,38-33+;;;. The number of rotatable bonds is 9. The molecule has 1 unspecified atom stereocenters. The molecule has 8 aromatic rings. The number of benzene rings is 8. The maximum Gasteiger partial charge on any atom is 0.0159 e. The van der Waals surface area contributed by atoms with E-state index in [1.807, 2.05) is 38.1 Å². The monoisotopic (exact) mass is 875 g/mol. The summed E-state index contributed by atoms with van der Waals surface area (Å²) < 4.78 is 0. The Kier molecular flexibility index (Phi) is 17.4. The second-order valence-electron chi connectivity index (χ2n) is 18.1. The fourth-order valence-electron chi connectivity index (χ4n) is 9.40. The van der Waals surface area contributed by atoms with E-state index in [-0.39, 0.29) is 11.3 Å². The van der Waals surface area contributed by atoms with E-state index in [0.717, 1.165) is 24.8 Å². The van der Waals surface area contributed by atoms with E-state index >= 15 is 0 Å². The molecule has 0 radical (unpaired) electrons. The maximum atomic E-state index is 5.96. The highest BCUT2D eigenvalue weighted by Gasteiger charge is 2.37. The minimum atomic E-state index is -0.0905. The van der Waals surface area contributed by atoms with Crippen LogP contribution in [0.1, 0.15) is 123 Å². The van der Waals surface area contributed by atoms with Crippen molar-refractivity contribution in [2.75, 3.05) is 0 Å². The maximum absolute atomic E-state index is 5.96. The number of fused-ring (bicyclic) bond motifs is 5. The van der Waals surface area contributed by atoms with Gasteiger partial charge in [-0.25, -0.2) is 0 Å². The van der Waals surface area contributed by atoms with Gasteiger partial charge in [0.05, 0.1) is 0 Å². The lowest BCUT2D eigenvalue weighted by molar-refractivity contribution is 0.658. The normalized spacial score (nSPS) is 12.7. The molecule has 0 heterocycles. The highest BCUT2D eigenvalue weighted by Crippen LogP contribution is 2.53. The molecular formula is C67H70. The Morgan fingerprint density at radius 3 is 1.79 bits per heavy atom. The van der Waals surface area contributed by atoms with Crippen molar-refractivity contribution in [3.05, 3.63) is 255 Å². The smallest absolute Gasteiger partial charge is 0.0159 e. The molecule has 8 aromatic carbocycles. The lowest BCUT2D eigenvalue weighted by Crippen LogP contribution is -2.16. The minimum absolute atomic E-state index is 0.0905. The van der Waals surface area contributed by atoms with Crippen molar-refractivity contribution in [1.82, 2.24) is 0 Å². The van der Waals surface area contributed by atoms with Crippen LogP contribution in [0.5, 0.6) is 0 Å². The summed E-state index contributed by atoms with van der Waals surface area (Å²) in [5.41, 5.74) is 20.9. The van der Waals surface area contributed by atoms with Crippen LogP contribution in [0, 0.1) is 33.1 Å². The van der Waals surface area contributed by atoms with Crippen molar-refractivity contribution >= 4 is 16.3 Å². The fraction of sp³-hybridized carbons (Fsp3) is 0.224. The fourth-order valence-corrected chi connectivity index (χ4v) is 9.40. The molecule has 0 saturated heterocycles. The van der Waals surface area contributed by atoms with Gasteiger partial charge in [0.15, 0.2) is 0 Å². The molecule has 338 valence electrons. The number of hydrogen-bond acceptors (Lipinski definition) is 0. The second kappa shape index (κ2) is 23.5. The van der Waals surface area contributed by atoms with Gasteiger partial charge in [-0.1, -0.05) is 259 Å². The molecule has 1 aliphatic rings. The first kappa shape index (κ1) is 49.5. The minimum Gasteiger partial charge on any atom is -0.115 e. The van der Waals surface area contributed by atoms with E-state index in [2.05, 4.69) is 231 Å². The zero-order valence-electron chi connectivity index (χ0n) is 41.8. The van der Waals surface area contributed by atoms with Gasteiger partial charge < -0.3 is 0 Å². The van der Waals surface area contributed by atoms with Crippen molar-refractivity contribution in [2.45, 2.75) is 99.8 Å². The van der Waals surface area contributed by atoms with Crippen LogP contribution in [0.15, 0.2) is 200 Å². The zero-order chi connectivity index (χ0) is 47.9. The Morgan fingerprint density at radius 2 is 1.19 bits per heavy atom. The first-order valence-corrected chi connectivity index (χ1v) is 24.3. The van der Waals surface area contributed by atoms with Crippen LogP contribution >= 0.6 is 0 Å². The topological polar surface area (TPSA) is 0 Å². The Bertz CT molecular complexity index is 2970. The Balaban J connectivity index is 0.000000274. The first-order valence-electron chi connectivity index (χ1n) is 24.3. The summed E-state index contributed by atoms with van der Waals surface area (Å²) in [6.07, 6.45) is 13.1. The van der Waals surface area contributed by atoms with Gasteiger partial charge in [0.1, 0.15) is 0 Å². The Labute approximate surface area is 404 Å². The molecule has 0 amide bonds. The SMILES string of the molecule is C#C/C(CCC)=C(/C=C\C)c1ccc(C(C)c2ccc3c(c2)C(C)(C)c2cc(Cc4ccccc4)c4ccccc4c2-3)cc1C.CC.Cc1cccc(-c2ccccc2)c1.Cc1ccccc1. The van der Waals surface area contributed by atoms with E-state index in [1.165, 1.54) is 94.2 Å². The van der Waals surface area contributed by atoms with Crippen LogP contribution in [0.2, 0.25) is 0 Å². The highest BCUT2D eigenvalue weighted by molar-refractivity contribution is 6.04. The van der Waals surface area contributed by atoms with Crippen LogP contribution in [0.4, 0.5) is 0 Å². The molecule has 0 aromatic heterocycles. The van der Waals surface area contributed by atoms with Gasteiger partial charge in [0.2, 0.25) is 0 Å². The number of aryl methyl sites for hydroxylation is 3. The van der Waals surface area contributed by atoms with Crippen LogP contribution < -0.4 is 0 Å². The summed E-state index contributed by atoms with van der Waals surface area (Å²) in [4.78, 5) is 0. The molecule has 0 nitrogen and oxygen atoms in total. The van der Waals surface area contributed by atoms with Crippen LogP contribution in [0.3, 0.4) is 0 Å². The van der Waals surface area contributed by atoms with Crippen molar-refractivity contribution in [3.8, 4) is 34.6 Å². The lowest BCUT2D eigenvalue weighted by Gasteiger charge is -2.24. The van der Waals surface area contributed by atoms with E-state index < -0.39 is 0 Å². The molecule has 1 atom stereocenters. The molecule has 0 spiro atoms. The molecule has 0 N–H and O–H groups in total. The molecule has 0 bridgehead atoms. The van der Waals surface area contributed by atoms with E-state index in [4.69, 9.17) is 6.42 Å². The Hall–Kier alpha value is -6.94. The van der Waals surface area contributed by atoms with Crippen molar-refractivity contribution in [1.29, 1.82) is 0 Å². The molecule has 67 heavy (non-hydrogen) atoms. The van der Waals surface area contributed by atoms with Gasteiger partial charge in [-0.15, -0.1) is 6.42 Å². The Morgan fingerprint density at radius 1 is 0.612 bits per heavy atom. The highest BCUT2D eigenvalue weighted by atomic mass is 14.4. The van der Waals surface area contributed by atoms with Crippen molar-refractivity contribution < 1.29 is 0 Å². The third kappa shape index (κ3) is 11.7. The van der Waals surface area contributed by atoms with E-state index in [9.17, 15) is 0 Å². The molecule has 1 aliphatic carbocycles. The van der Waals surface area contributed by atoms with Gasteiger partial charge in [-0.2, -0.15) is 0 Å². The second-order valence-corrected chi connectivity index (χ2v) is 18.1. The van der Waals surface area contributed by atoms with Crippen molar-refractivity contribution in [2.24, 2.45) is 0 Å². The summed E-state index contributed by atoms with van der Waals surface area (Å²) in [6, 6.07) is 65.7. The molecular weight excluding hydrogens is 805 g/mol. The third-order valence-corrected chi connectivity index (χ3v) is 13.0. The summed E-state index contributed by atoms with van der Waals surface area (Å²) >= 11 is 0. The van der Waals surface area contributed by atoms with Gasteiger partial charge in [0.25, 0.3) is 0 Å². The predicted octanol–water partition coefficient (Wildman–Crippen LogP) is 18.6. The average Bonchev–Trinajstić information content (AvgIpc) is 3.59. The number of allylic oxidation sites excluding steroid dienone is 4. The molecule has 0 saturated carbocycles. The quantitative estimate of drug-likeness (QED) is 0.100. The van der Waals surface area contributed by atoms with Gasteiger partial charge >= 0.3 is 0 Å². The lowest BCUT2D eigenvalue weighted by atomic mass is 9.79. The summed E-state index contributed by atoms with van der Waals surface area (Å²) in [5.74, 6) is 3.24. The molecule has 9 rings (SSSR count). The summed E-state index contributed by atoms with van der Waals surface area (Å²) in [7, 11) is 0. The largest absolute Gasteiger partial charge is 0.115 e. The molecule has 0 heteroatoms. The van der Waals surface area contributed by atoms with Gasteiger partial charge in [-0.3, -0.25) is 0 Å². The van der Waals surface area contributed by atoms with E-state index in [1.54, 1.807) is 0 Å². The van der Waals surface area contributed by atoms with Gasteiger partial charge in [-0.05, 0) is 124 Å². The average molecular weight is 875 g/mol. The summed E-state index contributed by atoms with van der Waals surface area (Å²) in [6.45, 7) is 21.8. The van der Waals surface area contributed by atoms with Crippen molar-refractivity contribution in [3.63, 3.8) is 0 Å². The predicted molar refractivity (Wildman–Crippen MR) is 294 cm³/mol. The molecule has 0 fully saturated rings. The first-order chi connectivity index (χ1) is 32.5. The molecule has 0 aliphatic heterocycles. The number of hydrogen-bond donors (Lipinski definition) is 0. The third-order valence-electron chi connectivity index (χ3n) is 13.0. The van der Waals surface area contributed by atoms with E-state index in [0.29, 0.717) is 0 Å². The zero-order valence-corrected chi connectivity index (χ0v) is 41.8. The van der Waals surface area contributed by atoms with Crippen LogP contribution in [-0.4, -0.2) is 0 Å².